The Morgan fingerprint density at radius 3 is 2.63 bits per heavy atom. The van der Waals surface area contributed by atoms with Gasteiger partial charge in [-0.3, -0.25) is 4.79 Å². The number of nitrogens with one attached hydrogen (secondary N) is 1. The molecular weight excluding hydrogens is 330 g/mol. The highest BCUT2D eigenvalue weighted by molar-refractivity contribution is 9.09. The molecule has 1 unspecified atom stereocenters. The molecule has 0 aromatic heterocycles. The number of hydrogen-bond donors (Lipinski definition) is 1. The minimum Gasteiger partial charge on any atom is -0.354 e. The van der Waals surface area contributed by atoms with Crippen LogP contribution in [0.25, 0.3) is 0 Å². The molecule has 1 aliphatic heterocycles. The fourth-order valence-electron chi connectivity index (χ4n) is 2.32. The van der Waals surface area contributed by atoms with Crippen LogP contribution in [0.15, 0.2) is 0 Å². The maximum absolute atomic E-state index is 12.0. The second kappa shape index (κ2) is 7.07. The number of halogens is 1. The van der Waals surface area contributed by atoms with Crippen LogP contribution in [0.5, 0.6) is 0 Å². The zero-order valence-corrected chi connectivity index (χ0v) is 14.1. The molecule has 1 aliphatic rings. The third-order valence-electron chi connectivity index (χ3n) is 3.60. The first-order valence-corrected chi connectivity index (χ1v) is 9.67. The van der Waals surface area contributed by atoms with E-state index in [4.69, 9.17) is 0 Å². The molecule has 1 saturated heterocycles. The maximum atomic E-state index is 12.0. The Morgan fingerprint density at radius 2 is 2.05 bits per heavy atom. The van der Waals surface area contributed by atoms with E-state index in [1.165, 1.54) is 0 Å². The number of rotatable bonds is 6. The second-order valence-electron chi connectivity index (χ2n) is 6.03. The van der Waals surface area contributed by atoms with Crippen LogP contribution in [0.3, 0.4) is 0 Å². The quantitative estimate of drug-likeness (QED) is 0.745. The summed E-state index contributed by atoms with van der Waals surface area (Å²) in [5.41, 5.74) is 0.00184. The van der Waals surface area contributed by atoms with Gasteiger partial charge in [-0.15, -0.1) is 0 Å². The van der Waals surface area contributed by atoms with Crippen LogP contribution in [0.2, 0.25) is 0 Å². The summed E-state index contributed by atoms with van der Waals surface area (Å²) in [5, 5.41) is 2.94. The number of sulfone groups is 1. The predicted molar refractivity (Wildman–Crippen MR) is 81.2 cm³/mol. The first kappa shape index (κ1) is 17.0. The molecule has 0 saturated carbocycles. The van der Waals surface area contributed by atoms with Crippen molar-refractivity contribution in [1.29, 1.82) is 0 Å². The summed E-state index contributed by atoms with van der Waals surface area (Å²) in [4.78, 5) is 12.0. The van der Waals surface area contributed by atoms with E-state index >= 15 is 0 Å². The van der Waals surface area contributed by atoms with Crippen LogP contribution in [-0.4, -0.2) is 37.2 Å². The van der Waals surface area contributed by atoms with Gasteiger partial charge in [-0.05, 0) is 31.1 Å². The molecule has 1 rings (SSSR count). The normalized spacial score (nSPS) is 23.0. The van der Waals surface area contributed by atoms with Crippen LogP contribution >= 0.6 is 15.9 Å². The van der Waals surface area contributed by atoms with E-state index in [9.17, 15) is 13.2 Å². The molecule has 4 nitrogen and oxygen atoms in total. The molecule has 0 spiro atoms. The van der Waals surface area contributed by atoms with E-state index in [0.717, 1.165) is 24.6 Å². The van der Waals surface area contributed by atoms with Crippen molar-refractivity contribution in [3.8, 4) is 0 Å². The summed E-state index contributed by atoms with van der Waals surface area (Å²) in [6, 6.07) is 0. The Kier molecular flexibility index (Phi) is 6.30. The summed E-state index contributed by atoms with van der Waals surface area (Å²) in [6.07, 6.45) is 4.02. The minimum absolute atomic E-state index is 0.00184. The van der Waals surface area contributed by atoms with Gasteiger partial charge in [-0.2, -0.15) is 0 Å². The molecule has 1 fully saturated rings. The van der Waals surface area contributed by atoms with E-state index in [1.54, 1.807) is 0 Å². The Hall–Kier alpha value is -0.100. The average molecular weight is 354 g/mol. The Balaban J connectivity index is 2.51. The topological polar surface area (TPSA) is 63.2 Å². The molecule has 0 bridgehead atoms. The van der Waals surface area contributed by atoms with Gasteiger partial charge in [-0.1, -0.05) is 36.2 Å². The average Bonchev–Trinajstić information content (AvgIpc) is 2.33. The Morgan fingerprint density at radius 1 is 1.37 bits per heavy atom. The summed E-state index contributed by atoms with van der Waals surface area (Å²) < 4.78 is 23.7. The van der Waals surface area contributed by atoms with E-state index < -0.39 is 15.1 Å². The second-order valence-corrected chi connectivity index (χ2v) is 9.12. The van der Waals surface area contributed by atoms with Gasteiger partial charge >= 0.3 is 0 Å². The lowest BCUT2D eigenvalue weighted by Crippen LogP contribution is -2.45. The summed E-state index contributed by atoms with van der Waals surface area (Å²) in [6.45, 7) is 4.71. The lowest BCUT2D eigenvalue weighted by molar-refractivity contribution is -0.121. The van der Waals surface area contributed by atoms with Crippen molar-refractivity contribution in [1.82, 2.24) is 5.32 Å². The molecule has 0 aromatic carbocycles. The van der Waals surface area contributed by atoms with Crippen LogP contribution < -0.4 is 5.32 Å². The van der Waals surface area contributed by atoms with E-state index in [0.29, 0.717) is 19.4 Å². The zero-order valence-electron chi connectivity index (χ0n) is 11.7. The molecule has 1 N–H and O–H groups in total. The highest BCUT2D eigenvalue weighted by Gasteiger charge is 2.35. The third kappa shape index (κ3) is 5.42. The lowest BCUT2D eigenvalue weighted by atomic mass is 9.88. The lowest BCUT2D eigenvalue weighted by Gasteiger charge is -2.27. The van der Waals surface area contributed by atoms with Gasteiger partial charge in [-0.25, -0.2) is 8.42 Å². The maximum Gasteiger partial charge on any atom is 0.238 e. The van der Waals surface area contributed by atoms with Crippen molar-refractivity contribution in [3.63, 3.8) is 0 Å². The summed E-state index contributed by atoms with van der Waals surface area (Å²) >= 11 is 3.39. The molecule has 112 valence electrons. The monoisotopic (exact) mass is 353 g/mol. The molecular formula is C13H24BrNO3S. The SMILES string of the molecule is CC(C)(CCCBr)CNC(=O)C1CCCCS1(=O)=O. The van der Waals surface area contributed by atoms with E-state index in [-0.39, 0.29) is 17.1 Å². The van der Waals surface area contributed by atoms with Gasteiger partial charge in [0, 0.05) is 11.9 Å². The highest BCUT2D eigenvalue weighted by Crippen LogP contribution is 2.23. The van der Waals surface area contributed by atoms with Gasteiger partial charge in [0.1, 0.15) is 5.25 Å². The first-order chi connectivity index (χ1) is 8.78. The molecule has 1 atom stereocenters. The Labute approximate surface area is 124 Å². The Bertz CT molecular complexity index is 406. The van der Waals surface area contributed by atoms with Crippen LogP contribution in [0.1, 0.15) is 46.0 Å². The largest absolute Gasteiger partial charge is 0.354 e. The molecule has 1 heterocycles. The van der Waals surface area contributed by atoms with Crippen LogP contribution in [0, 0.1) is 5.41 Å². The highest BCUT2D eigenvalue weighted by atomic mass is 79.9. The molecule has 19 heavy (non-hydrogen) atoms. The van der Waals surface area contributed by atoms with Crippen molar-refractivity contribution >= 4 is 31.7 Å². The van der Waals surface area contributed by atoms with Gasteiger partial charge in [0.05, 0.1) is 5.75 Å². The van der Waals surface area contributed by atoms with E-state index in [1.807, 2.05) is 0 Å². The molecule has 0 radical (unpaired) electrons. The van der Waals surface area contributed by atoms with Crippen molar-refractivity contribution < 1.29 is 13.2 Å². The number of carbonyl (C=O) groups is 1. The van der Waals surface area contributed by atoms with Gasteiger partial charge < -0.3 is 5.32 Å². The van der Waals surface area contributed by atoms with Crippen molar-refractivity contribution in [2.24, 2.45) is 5.41 Å². The number of carbonyl (C=O) groups excluding carboxylic acids is 1. The van der Waals surface area contributed by atoms with Crippen molar-refractivity contribution in [2.45, 2.75) is 51.2 Å². The molecule has 6 heteroatoms. The number of hydrogen-bond acceptors (Lipinski definition) is 3. The zero-order chi connectivity index (χ0) is 14.5. The number of alkyl halides is 1. The van der Waals surface area contributed by atoms with Gasteiger partial charge in [0.25, 0.3) is 0 Å². The predicted octanol–water partition coefficient (Wildman–Crippen LogP) is 2.27. The fourth-order valence-corrected chi connectivity index (χ4v) is 4.43. The number of amides is 1. The van der Waals surface area contributed by atoms with Crippen molar-refractivity contribution in [2.75, 3.05) is 17.6 Å². The van der Waals surface area contributed by atoms with Crippen molar-refractivity contribution in [3.05, 3.63) is 0 Å². The van der Waals surface area contributed by atoms with Gasteiger partial charge in [0.15, 0.2) is 9.84 Å². The minimum atomic E-state index is -3.23. The van der Waals surface area contributed by atoms with Crippen LogP contribution in [0.4, 0.5) is 0 Å². The smallest absolute Gasteiger partial charge is 0.238 e. The summed E-state index contributed by atoms with van der Waals surface area (Å²) in [5.74, 6) is -0.162. The molecule has 0 aromatic rings. The molecule has 1 amide bonds. The fraction of sp³-hybridized carbons (Fsp3) is 0.923. The molecule has 0 aliphatic carbocycles. The third-order valence-corrected chi connectivity index (χ3v) is 6.33. The van der Waals surface area contributed by atoms with E-state index in [2.05, 4.69) is 35.1 Å². The first-order valence-electron chi connectivity index (χ1n) is 6.84. The van der Waals surface area contributed by atoms with Gasteiger partial charge in [0.2, 0.25) is 5.91 Å². The van der Waals surface area contributed by atoms with Crippen LogP contribution in [-0.2, 0) is 14.6 Å². The standard InChI is InChI=1S/C13H24BrNO3S/c1-13(2,7-5-8-14)10-15-12(16)11-6-3-4-9-19(11,17)18/h11H,3-10H2,1-2H3,(H,15,16). The summed E-state index contributed by atoms with van der Waals surface area (Å²) in [7, 11) is -3.23.